The normalized spacial score (nSPS) is 21.8. The average molecular weight is 590 g/mol. The van der Waals surface area contributed by atoms with E-state index in [9.17, 15) is 14.4 Å². The number of halogens is 1. The summed E-state index contributed by atoms with van der Waals surface area (Å²) in [7, 11) is 1.58. The fraction of sp³-hybridized carbons (Fsp3) is 0.147. The number of rotatable bonds is 4. The van der Waals surface area contributed by atoms with Crippen LogP contribution in [0.15, 0.2) is 108 Å². The van der Waals surface area contributed by atoms with Crippen LogP contribution in [0.3, 0.4) is 0 Å². The van der Waals surface area contributed by atoms with E-state index in [1.807, 2.05) is 77.7 Å². The third-order valence-corrected chi connectivity index (χ3v) is 9.04. The summed E-state index contributed by atoms with van der Waals surface area (Å²) in [4.78, 5) is 46.0. The van der Waals surface area contributed by atoms with Crippen molar-refractivity contribution in [2.75, 3.05) is 12.0 Å². The maximum atomic E-state index is 14.7. The second kappa shape index (κ2) is 9.14. The van der Waals surface area contributed by atoms with Crippen molar-refractivity contribution in [1.82, 2.24) is 0 Å². The lowest BCUT2D eigenvalue weighted by Gasteiger charge is -2.37. The first-order valence-electron chi connectivity index (χ1n) is 13.1. The zero-order valence-corrected chi connectivity index (χ0v) is 23.2. The summed E-state index contributed by atoms with van der Waals surface area (Å²) in [6.07, 6.45) is 3.90. The lowest BCUT2D eigenvalue weighted by molar-refractivity contribution is 0.0665. The summed E-state index contributed by atoms with van der Waals surface area (Å²) in [6.45, 7) is 0. The van der Waals surface area contributed by atoms with Gasteiger partial charge >= 0.3 is 0 Å². The maximum absolute atomic E-state index is 14.7. The molecule has 1 saturated heterocycles. The number of ketones is 3. The molecule has 1 spiro atoms. The highest BCUT2D eigenvalue weighted by Gasteiger charge is 2.71. The van der Waals surface area contributed by atoms with Crippen molar-refractivity contribution in [2.24, 2.45) is 5.41 Å². The van der Waals surface area contributed by atoms with Crippen LogP contribution in [0.2, 0.25) is 0 Å². The molecule has 4 aromatic rings. The summed E-state index contributed by atoms with van der Waals surface area (Å²) in [5.41, 5.74) is 2.24. The van der Waals surface area contributed by atoms with E-state index in [4.69, 9.17) is 4.74 Å². The number of methoxy groups -OCH3 is 1. The van der Waals surface area contributed by atoms with Crippen LogP contribution in [-0.2, 0) is 0 Å². The number of benzene rings is 4. The molecule has 0 amide bonds. The van der Waals surface area contributed by atoms with Gasteiger partial charge in [0, 0.05) is 32.8 Å². The number of anilines is 1. The van der Waals surface area contributed by atoms with E-state index < -0.39 is 23.4 Å². The minimum atomic E-state index is -1.54. The van der Waals surface area contributed by atoms with Gasteiger partial charge in [0.15, 0.2) is 17.3 Å². The lowest BCUT2D eigenvalue weighted by Crippen LogP contribution is -2.48. The minimum Gasteiger partial charge on any atom is -0.497 e. The van der Waals surface area contributed by atoms with Gasteiger partial charge in [0.25, 0.3) is 0 Å². The number of carbonyl (C=O) groups is 3. The van der Waals surface area contributed by atoms with Gasteiger partial charge in [-0.05, 0) is 41.5 Å². The van der Waals surface area contributed by atoms with Crippen LogP contribution >= 0.6 is 15.9 Å². The van der Waals surface area contributed by atoms with Crippen LogP contribution in [0, 0.1) is 5.41 Å². The Morgan fingerprint density at radius 2 is 1.55 bits per heavy atom. The molecule has 4 aromatic carbocycles. The van der Waals surface area contributed by atoms with E-state index in [0.29, 0.717) is 28.0 Å². The average Bonchev–Trinajstić information content (AvgIpc) is 3.43. The van der Waals surface area contributed by atoms with Crippen LogP contribution in [0.5, 0.6) is 5.75 Å². The molecule has 2 aliphatic heterocycles. The Morgan fingerprint density at radius 1 is 0.850 bits per heavy atom. The molecule has 40 heavy (non-hydrogen) atoms. The van der Waals surface area contributed by atoms with E-state index in [1.165, 1.54) is 0 Å². The molecule has 7 rings (SSSR count). The Hall–Kier alpha value is -4.29. The first-order chi connectivity index (χ1) is 19.5. The Balaban J connectivity index is 1.56. The standard InChI is InChI=1S/C34H24BrNO4/c1-40-24-11-7-10-22(19-24)29-30(31(37)20-8-3-2-4-9-20)36-27-16-15-23(35)18-21(27)14-17-28(36)34(29)32(38)25-12-5-6-13-26(25)33(34)39/h2-19,28-30H,1H3/t28-,29-,30+/m0/s1. The summed E-state index contributed by atoms with van der Waals surface area (Å²) in [5, 5.41) is 0. The predicted molar refractivity (Wildman–Crippen MR) is 157 cm³/mol. The first kappa shape index (κ1) is 24.7. The van der Waals surface area contributed by atoms with Gasteiger partial charge in [0.05, 0.1) is 13.2 Å². The zero-order chi connectivity index (χ0) is 27.6. The number of ether oxygens (including phenoxy) is 1. The fourth-order valence-electron chi connectivity index (χ4n) is 6.93. The third-order valence-electron chi connectivity index (χ3n) is 8.55. The smallest absolute Gasteiger partial charge is 0.185 e. The molecule has 0 bridgehead atoms. The fourth-order valence-corrected chi connectivity index (χ4v) is 7.31. The molecule has 0 radical (unpaired) electrons. The molecule has 1 aliphatic carbocycles. The molecular formula is C34H24BrNO4. The molecule has 1 fully saturated rings. The van der Waals surface area contributed by atoms with Gasteiger partial charge in [-0.2, -0.15) is 0 Å². The molecule has 0 saturated carbocycles. The molecular weight excluding hydrogens is 566 g/mol. The number of hydrogen-bond acceptors (Lipinski definition) is 5. The highest BCUT2D eigenvalue weighted by molar-refractivity contribution is 9.10. The van der Waals surface area contributed by atoms with Gasteiger partial charge in [0.2, 0.25) is 0 Å². The molecule has 6 heteroatoms. The van der Waals surface area contributed by atoms with Crippen molar-refractivity contribution >= 4 is 45.0 Å². The Kier molecular flexibility index (Phi) is 5.65. The Labute approximate surface area is 240 Å². The van der Waals surface area contributed by atoms with E-state index >= 15 is 0 Å². The summed E-state index contributed by atoms with van der Waals surface area (Å²) in [5.74, 6) is -0.810. The van der Waals surface area contributed by atoms with Crippen LogP contribution in [-0.4, -0.2) is 36.5 Å². The van der Waals surface area contributed by atoms with Crippen molar-refractivity contribution < 1.29 is 19.1 Å². The monoisotopic (exact) mass is 589 g/mol. The summed E-state index contributed by atoms with van der Waals surface area (Å²) < 4.78 is 6.46. The topological polar surface area (TPSA) is 63.7 Å². The zero-order valence-electron chi connectivity index (χ0n) is 21.6. The van der Waals surface area contributed by atoms with Crippen LogP contribution in [0.4, 0.5) is 5.69 Å². The molecule has 3 atom stereocenters. The highest BCUT2D eigenvalue weighted by atomic mass is 79.9. The minimum absolute atomic E-state index is 0.143. The van der Waals surface area contributed by atoms with Crippen molar-refractivity contribution in [3.63, 3.8) is 0 Å². The van der Waals surface area contributed by atoms with E-state index in [1.54, 1.807) is 43.5 Å². The van der Waals surface area contributed by atoms with Gasteiger partial charge in [-0.25, -0.2) is 0 Å². The molecule has 3 aliphatic rings. The largest absolute Gasteiger partial charge is 0.497 e. The Bertz CT molecular complexity index is 1710. The number of fused-ring (bicyclic) bond motifs is 5. The van der Waals surface area contributed by atoms with Crippen molar-refractivity contribution in [1.29, 1.82) is 0 Å². The van der Waals surface area contributed by atoms with E-state index in [-0.39, 0.29) is 17.3 Å². The van der Waals surface area contributed by atoms with Gasteiger partial charge in [0.1, 0.15) is 17.2 Å². The highest BCUT2D eigenvalue weighted by Crippen LogP contribution is 2.61. The SMILES string of the molecule is COc1cccc([C@H]2[C@H](C(=O)c3ccccc3)N3c4ccc(Br)cc4C=C[C@H]3C23C(=O)c2ccccc2C3=O)c1. The van der Waals surface area contributed by atoms with Gasteiger partial charge in [-0.3, -0.25) is 14.4 Å². The molecule has 0 N–H and O–H groups in total. The van der Waals surface area contributed by atoms with Gasteiger partial charge in [-0.15, -0.1) is 0 Å². The summed E-state index contributed by atoms with van der Waals surface area (Å²) in [6, 6.07) is 27.9. The van der Waals surface area contributed by atoms with Gasteiger partial charge in [-0.1, -0.05) is 94.8 Å². The lowest BCUT2D eigenvalue weighted by atomic mass is 9.64. The molecule has 5 nitrogen and oxygen atoms in total. The number of hydrogen-bond donors (Lipinski definition) is 0. The van der Waals surface area contributed by atoms with Crippen molar-refractivity contribution in [2.45, 2.75) is 18.0 Å². The Morgan fingerprint density at radius 3 is 2.25 bits per heavy atom. The number of Topliss-reactive ketones (excluding diaryl/α,β-unsaturated/α-hetero) is 3. The second-order valence-electron chi connectivity index (χ2n) is 10.4. The van der Waals surface area contributed by atoms with Crippen molar-refractivity contribution in [3.8, 4) is 5.75 Å². The van der Waals surface area contributed by atoms with Crippen LogP contribution in [0.1, 0.15) is 48.1 Å². The predicted octanol–water partition coefficient (Wildman–Crippen LogP) is 6.77. The molecule has 196 valence electrons. The van der Waals surface area contributed by atoms with Crippen LogP contribution < -0.4 is 9.64 Å². The number of carbonyl (C=O) groups excluding carboxylic acids is 3. The van der Waals surface area contributed by atoms with E-state index in [2.05, 4.69) is 15.9 Å². The van der Waals surface area contributed by atoms with Gasteiger partial charge < -0.3 is 9.64 Å². The third kappa shape index (κ3) is 3.29. The molecule has 2 heterocycles. The molecule has 0 aromatic heterocycles. The molecule has 0 unspecified atom stereocenters. The van der Waals surface area contributed by atoms with Crippen LogP contribution in [0.25, 0.3) is 6.08 Å². The summed E-state index contributed by atoms with van der Waals surface area (Å²) >= 11 is 3.57. The van der Waals surface area contributed by atoms with Crippen molar-refractivity contribution in [3.05, 3.63) is 135 Å². The van der Waals surface area contributed by atoms with E-state index in [0.717, 1.165) is 15.7 Å². The maximum Gasteiger partial charge on any atom is 0.185 e. The number of nitrogens with zero attached hydrogens (tertiary/aromatic N) is 1. The quantitative estimate of drug-likeness (QED) is 0.194. The second-order valence-corrected chi connectivity index (χ2v) is 11.3. The first-order valence-corrected chi connectivity index (χ1v) is 13.9.